The molecule has 1 aromatic carbocycles. The summed E-state index contributed by atoms with van der Waals surface area (Å²) in [6.07, 6.45) is 16.4. The van der Waals surface area contributed by atoms with Gasteiger partial charge in [0.2, 0.25) is 0 Å². The molecule has 1 aromatic heterocycles. The number of nitrogens with zero attached hydrogens (tertiary/aromatic N) is 2. The fourth-order valence-corrected chi connectivity index (χ4v) is 4.48. The van der Waals surface area contributed by atoms with Crippen LogP contribution in [0, 0.1) is 6.92 Å². The van der Waals surface area contributed by atoms with Gasteiger partial charge in [-0.3, -0.25) is 4.98 Å². The first-order valence-electron chi connectivity index (χ1n) is 13.4. The van der Waals surface area contributed by atoms with Crippen LogP contribution in [0.15, 0.2) is 108 Å². The monoisotopic (exact) mass is 529 g/mol. The molecule has 0 aliphatic rings. The van der Waals surface area contributed by atoms with Crippen LogP contribution in [-0.2, 0) is 0 Å². The molecule has 3 nitrogen and oxygen atoms in total. The van der Waals surface area contributed by atoms with E-state index in [0.717, 1.165) is 64.6 Å². The Hall–Kier alpha value is -3.24. The summed E-state index contributed by atoms with van der Waals surface area (Å²) in [4.78, 5) is 7.62. The molecular formula is C34H47N3S. The summed E-state index contributed by atoms with van der Waals surface area (Å²) in [5.74, 6) is 0. The Morgan fingerprint density at radius 1 is 1.03 bits per heavy atom. The maximum Gasteiger partial charge on any atom is 0.0680 e. The van der Waals surface area contributed by atoms with Crippen molar-refractivity contribution in [1.82, 2.24) is 9.88 Å². The van der Waals surface area contributed by atoms with Crippen LogP contribution in [0.5, 0.6) is 0 Å². The van der Waals surface area contributed by atoms with Gasteiger partial charge in [0, 0.05) is 42.2 Å². The molecule has 2 N–H and O–H groups in total. The van der Waals surface area contributed by atoms with Crippen LogP contribution >= 0.6 is 11.8 Å². The molecule has 38 heavy (non-hydrogen) atoms. The van der Waals surface area contributed by atoms with E-state index in [1.807, 2.05) is 32.3 Å². The minimum atomic E-state index is 0.769. The molecular weight excluding hydrogens is 482 g/mol. The number of thioether (sulfide) groups is 1. The quantitative estimate of drug-likeness (QED) is 0.195. The number of allylic oxidation sites excluding steroid dienone is 7. The number of rotatable bonds is 14. The second-order valence-electron chi connectivity index (χ2n) is 9.23. The average Bonchev–Trinajstić information content (AvgIpc) is 2.91. The lowest BCUT2D eigenvalue weighted by molar-refractivity contribution is 0.425. The zero-order valence-corrected chi connectivity index (χ0v) is 25.2. The Bertz CT molecular complexity index is 1150. The highest BCUT2D eigenvalue weighted by atomic mass is 32.2. The molecule has 0 aliphatic carbocycles. The van der Waals surface area contributed by atoms with Crippen molar-refractivity contribution in [3.05, 3.63) is 119 Å². The molecule has 0 saturated heterocycles. The Labute approximate surface area is 236 Å². The van der Waals surface area contributed by atoms with Crippen molar-refractivity contribution < 1.29 is 0 Å². The lowest BCUT2D eigenvalue weighted by Gasteiger charge is -2.21. The van der Waals surface area contributed by atoms with Gasteiger partial charge < -0.3 is 10.6 Å². The molecule has 0 amide bonds. The van der Waals surface area contributed by atoms with E-state index in [4.69, 9.17) is 5.73 Å². The maximum absolute atomic E-state index is 5.64. The van der Waals surface area contributed by atoms with Crippen molar-refractivity contribution in [3.8, 4) is 11.1 Å². The van der Waals surface area contributed by atoms with Crippen molar-refractivity contribution in [2.24, 2.45) is 5.73 Å². The number of aryl methyl sites for hydroxylation is 1. The first-order chi connectivity index (χ1) is 18.2. The average molecular weight is 530 g/mol. The zero-order valence-electron chi connectivity index (χ0n) is 24.4. The highest BCUT2D eigenvalue weighted by Crippen LogP contribution is 2.28. The minimum absolute atomic E-state index is 0.769. The molecule has 0 bridgehead atoms. The minimum Gasteiger partial charge on any atom is -0.403 e. The number of unbranched alkanes of at least 4 members (excludes halogenated alkanes) is 2. The van der Waals surface area contributed by atoms with E-state index in [0.29, 0.717) is 0 Å². The van der Waals surface area contributed by atoms with Gasteiger partial charge >= 0.3 is 0 Å². The summed E-state index contributed by atoms with van der Waals surface area (Å²) in [6, 6.07) is 10.8. The van der Waals surface area contributed by atoms with E-state index in [-0.39, 0.29) is 0 Å². The van der Waals surface area contributed by atoms with E-state index in [2.05, 4.69) is 106 Å². The van der Waals surface area contributed by atoms with Crippen molar-refractivity contribution >= 4 is 17.3 Å². The normalized spacial score (nSPS) is 11.9. The van der Waals surface area contributed by atoms with Gasteiger partial charge in [-0.15, -0.1) is 0 Å². The van der Waals surface area contributed by atoms with Crippen molar-refractivity contribution in [2.45, 2.75) is 60.3 Å². The van der Waals surface area contributed by atoms with Crippen LogP contribution in [0.3, 0.4) is 0 Å². The smallest absolute Gasteiger partial charge is 0.0680 e. The standard InChI is InChI=1S/C32H41N3S.C2H6/c1-8-32(36-28(6)35(7)18-11-9-10-13-27(5)33)20-24(2)16-17-26(4)29-14-12-15-30(21-29)31-19-25(3)22-34-23-31;1-2/h8,12,14-17,19-23H,1,5-6,9-11,13,18,33H2,2-4,7H3;1-2H3/b24-16+,26-17+,32-20+;. The SMILES string of the molecule is C=C\C(=C/C(C)=C/C=C(\C)c1cccc(-c2cncc(C)c2)c1)SC(=C)N(C)CCCCCC(=C)N.CC. The molecule has 4 heteroatoms. The number of hydrogen-bond donors (Lipinski definition) is 1. The predicted molar refractivity (Wildman–Crippen MR) is 173 cm³/mol. The lowest BCUT2D eigenvalue weighted by atomic mass is 10.00. The lowest BCUT2D eigenvalue weighted by Crippen LogP contribution is -2.16. The second-order valence-corrected chi connectivity index (χ2v) is 10.4. The second kappa shape index (κ2) is 18.1. The summed E-state index contributed by atoms with van der Waals surface area (Å²) in [5.41, 5.74) is 13.5. The van der Waals surface area contributed by atoms with Gasteiger partial charge in [-0.25, -0.2) is 0 Å². The Kier molecular flexibility index (Phi) is 15.6. The Morgan fingerprint density at radius 3 is 2.42 bits per heavy atom. The van der Waals surface area contributed by atoms with Gasteiger partial charge in [0.05, 0.1) is 5.03 Å². The third-order valence-electron chi connectivity index (χ3n) is 5.85. The highest BCUT2D eigenvalue weighted by molar-refractivity contribution is 8.06. The first-order valence-corrected chi connectivity index (χ1v) is 14.2. The topological polar surface area (TPSA) is 42.2 Å². The largest absolute Gasteiger partial charge is 0.403 e. The van der Waals surface area contributed by atoms with Crippen LogP contribution in [0.2, 0.25) is 0 Å². The predicted octanol–water partition coefficient (Wildman–Crippen LogP) is 9.67. The van der Waals surface area contributed by atoms with Gasteiger partial charge in [0.1, 0.15) is 0 Å². The zero-order chi connectivity index (χ0) is 28.5. The summed E-state index contributed by atoms with van der Waals surface area (Å²) in [7, 11) is 2.09. The number of benzene rings is 1. The number of pyridine rings is 1. The third kappa shape index (κ3) is 12.3. The molecule has 0 fully saturated rings. The van der Waals surface area contributed by atoms with E-state index in [1.54, 1.807) is 11.8 Å². The van der Waals surface area contributed by atoms with Crippen LogP contribution in [0.1, 0.15) is 64.5 Å². The molecule has 1 heterocycles. The molecule has 0 atom stereocenters. The first kappa shape index (κ1) is 32.8. The fraction of sp³-hybridized carbons (Fsp3) is 0.324. The van der Waals surface area contributed by atoms with Crippen LogP contribution in [0.25, 0.3) is 16.7 Å². The summed E-state index contributed by atoms with van der Waals surface area (Å²) in [5, 5.41) is 1.02. The fourth-order valence-electron chi connectivity index (χ4n) is 3.63. The van der Waals surface area contributed by atoms with Gasteiger partial charge in [0.25, 0.3) is 0 Å². The summed E-state index contributed by atoms with van der Waals surface area (Å²) < 4.78 is 0. The maximum atomic E-state index is 5.64. The molecule has 0 spiro atoms. The van der Waals surface area contributed by atoms with Crippen molar-refractivity contribution in [1.29, 1.82) is 0 Å². The van der Waals surface area contributed by atoms with E-state index >= 15 is 0 Å². The van der Waals surface area contributed by atoms with E-state index in [1.165, 1.54) is 16.7 Å². The van der Waals surface area contributed by atoms with E-state index in [9.17, 15) is 0 Å². The molecule has 0 saturated carbocycles. The molecule has 0 unspecified atom stereocenters. The molecule has 0 aliphatic heterocycles. The Balaban J connectivity index is 0.00000352. The van der Waals surface area contributed by atoms with Crippen LogP contribution < -0.4 is 5.73 Å². The van der Waals surface area contributed by atoms with Crippen LogP contribution in [0.4, 0.5) is 0 Å². The molecule has 204 valence electrons. The summed E-state index contributed by atoms with van der Waals surface area (Å²) in [6.45, 7) is 23.3. The molecule has 2 aromatic rings. The van der Waals surface area contributed by atoms with Gasteiger partial charge in [-0.05, 0) is 86.1 Å². The Morgan fingerprint density at radius 2 is 1.76 bits per heavy atom. The highest BCUT2D eigenvalue weighted by Gasteiger charge is 2.06. The summed E-state index contributed by atoms with van der Waals surface area (Å²) >= 11 is 1.65. The molecule has 2 rings (SSSR count). The van der Waals surface area contributed by atoms with Gasteiger partial charge in [-0.2, -0.15) is 0 Å². The van der Waals surface area contributed by atoms with Crippen molar-refractivity contribution in [2.75, 3.05) is 13.6 Å². The van der Waals surface area contributed by atoms with Gasteiger partial charge in [0.15, 0.2) is 0 Å². The molecule has 0 radical (unpaired) electrons. The number of nitrogens with two attached hydrogens (primary N) is 1. The van der Waals surface area contributed by atoms with Crippen LogP contribution in [-0.4, -0.2) is 23.5 Å². The van der Waals surface area contributed by atoms with E-state index < -0.39 is 0 Å². The van der Waals surface area contributed by atoms with Gasteiger partial charge in [-0.1, -0.05) is 88.2 Å². The number of aromatic nitrogens is 1. The third-order valence-corrected chi connectivity index (χ3v) is 6.91. The number of hydrogen-bond acceptors (Lipinski definition) is 4. The van der Waals surface area contributed by atoms with Crippen molar-refractivity contribution in [3.63, 3.8) is 0 Å².